The molecule has 2 rings (SSSR count). The van der Waals surface area contributed by atoms with Gasteiger partial charge in [-0.05, 0) is 35.7 Å². The number of hydrogen-bond acceptors (Lipinski definition) is 4. The molecule has 0 unspecified atom stereocenters. The fraction of sp³-hybridized carbons (Fsp3) is 0.368. The molecule has 0 fully saturated rings. The molecule has 0 spiro atoms. The number of rotatable bonds is 9. The average molecular weight is 311 g/mol. The normalized spacial score (nSPS) is 10.2. The second-order valence-corrected chi connectivity index (χ2v) is 5.44. The van der Waals surface area contributed by atoms with Crippen molar-refractivity contribution >= 4 is 16.7 Å². The zero-order valence-electron chi connectivity index (χ0n) is 13.2. The van der Waals surface area contributed by atoms with E-state index in [2.05, 4.69) is 4.74 Å². The van der Waals surface area contributed by atoms with Crippen LogP contribution in [0.4, 0.5) is 0 Å². The summed E-state index contributed by atoms with van der Waals surface area (Å²) in [6.07, 6.45) is 6.84. The van der Waals surface area contributed by atoms with Crippen molar-refractivity contribution in [1.82, 2.24) is 0 Å². The van der Waals surface area contributed by atoms with Crippen molar-refractivity contribution in [2.45, 2.75) is 38.5 Å². The largest absolute Gasteiger partial charge is 0.428 e. The van der Waals surface area contributed by atoms with Gasteiger partial charge in [0.25, 0.3) is 6.26 Å². The molecule has 0 radical (unpaired) electrons. The number of carbonyl (C=O) groups is 1. The molecule has 0 heterocycles. The summed E-state index contributed by atoms with van der Waals surface area (Å²) < 4.78 is 9.99. The monoisotopic (exact) mass is 311 g/mol. The van der Waals surface area contributed by atoms with Crippen LogP contribution >= 0.6 is 0 Å². The van der Waals surface area contributed by atoms with Gasteiger partial charge in [-0.2, -0.15) is 5.26 Å². The van der Waals surface area contributed by atoms with Gasteiger partial charge in [0.05, 0.1) is 0 Å². The molecule has 4 heteroatoms. The van der Waals surface area contributed by atoms with Gasteiger partial charge in [0.2, 0.25) is 0 Å². The van der Waals surface area contributed by atoms with Crippen molar-refractivity contribution in [3.05, 3.63) is 42.5 Å². The molecule has 0 N–H and O–H groups in total. The summed E-state index contributed by atoms with van der Waals surface area (Å²) in [5, 5.41) is 10.4. The molecule has 23 heavy (non-hydrogen) atoms. The molecular weight excluding hydrogens is 290 g/mol. The highest BCUT2D eigenvalue weighted by atomic mass is 16.5. The van der Waals surface area contributed by atoms with Gasteiger partial charge in [0, 0.05) is 6.42 Å². The van der Waals surface area contributed by atoms with E-state index in [-0.39, 0.29) is 5.97 Å². The van der Waals surface area contributed by atoms with Gasteiger partial charge in [-0.25, -0.2) is 0 Å². The first kappa shape index (κ1) is 16.8. The zero-order chi connectivity index (χ0) is 16.3. The molecule has 0 aliphatic rings. The highest BCUT2D eigenvalue weighted by Gasteiger charge is 2.05. The second-order valence-electron chi connectivity index (χ2n) is 5.44. The highest BCUT2D eigenvalue weighted by molar-refractivity contribution is 5.84. The van der Waals surface area contributed by atoms with E-state index in [1.165, 1.54) is 0 Å². The topological polar surface area (TPSA) is 59.3 Å². The maximum Gasteiger partial charge on any atom is 0.311 e. The third-order valence-corrected chi connectivity index (χ3v) is 3.64. The van der Waals surface area contributed by atoms with Crippen LogP contribution in [-0.2, 0) is 9.53 Å². The molecular formula is C19H21NO3. The van der Waals surface area contributed by atoms with Crippen LogP contribution in [0.3, 0.4) is 0 Å². The molecule has 0 amide bonds. The number of nitrogens with zero attached hydrogens (tertiary/aromatic N) is 1. The van der Waals surface area contributed by atoms with Gasteiger partial charge in [-0.15, -0.1) is 0 Å². The molecule has 0 aliphatic carbocycles. The van der Waals surface area contributed by atoms with Crippen molar-refractivity contribution in [3.8, 4) is 12.0 Å². The Labute approximate surface area is 136 Å². The van der Waals surface area contributed by atoms with Crippen LogP contribution in [-0.4, -0.2) is 12.6 Å². The lowest BCUT2D eigenvalue weighted by atomic mass is 10.1. The summed E-state index contributed by atoms with van der Waals surface area (Å²) in [7, 11) is 0. The lowest BCUT2D eigenvalue weighted by molar-refractivity contribution is -0.134. The Bertz CT molecular complexity index is 676. The number of nitriles is 1. The molecule has 2 aromatic carbocycles. The first-order valence-corrected chi connectivity index (χ1v) is 8.00. The maximum absolute atomic E-state index is 11.8. The van der Waals surface area contributed by atoms with Crippen molar-refractivity contribution < 1.29 is 14.3 Å². The number of benzene rings is 2. The number of unbranched alkanes of at least 4 members (excludes halogenated alkanes) is 4. The van der Waals surface area contributed by atoms with E-state index in [1.54, 1.807) is 6.26 Å². The van der Waals surface area contributed by atoms with Crippen LogP contribution in [0.5, 0.6) is 5.75 Å². The van der Waals surface area contributed by atoms with Gasteiger partial charge in [0.15, 0.2) is 0 Å². The molecule has 4 nitrogen and oxygen atoms in total. The molecule has 0 atom stereocenters. The summed E-state index contributed by atoms with van der Waals surface area (Å²) in [6, 6.07) is 13.7. The first-order chi connectivity index (χ1) is 11.3. The molecule has 0 saturated heterocycles. The minimum Gasteiger partial charge on any atom is -0.428 e. The molecule has 0 aliphatic heterocycles. The minimum absolute atomic E-state index is 0.187. The van der Waals surface area contributed by atoms with E-state index >= 15 is 0 Å². The minimum atomic E-state index is -0.187. The Hall–Kier alpha value is -2.54. The van der Waals surface area contributed by atoms with Crippen LogP contribution < -0.4 is 4.74 Å². The van der Waals surface area contributed by atoms with Crippen LogP contribution in [0.1, 0.15) is 38.5 Å². The zero-order valence-corrected chi connectivity index (χ0v) is 13.2. The lowest BCUT2D eigenvalue weighted by Crippen LogP contribution is -2.07. The predicted octanol–water partition coefficient (Wildman–Crippen LogP) is 4.58. The highest BCUT2D eigenvalue weighted by Crippen LogP contribution is 2.21. The van der Waals surface area contributed by atoms with E-state index in [9.17, 15) is 4.79 Å². The molecule has 0 saturated carbocycles. The number of fused-ring (bicyclic) bond motifs is 1. The third kappa shape index (κ3) is 5.99. The van der Waals surface area contributed by atoms with E-state index < -0.39 is 0 Å². The summed E-state index contributed by atoms with van der Waals surface area (Å²) >= 11 is 0. The van der Waals surface area contributed by atoms with E-state index in [1.807, 2.05) is 42.5 Å². The van der Waals surface area contributed by atoms with Crippen molar-refractivity contribution in [2.75, 3.05) is 6.61 Å². The van der Waals surface area contributed by atoms with Gasteiger partial charge in [-0.3, -0.25) is 4.79 Å². The third-order valence-electron chi connectivity index (χ3n) is 3.64. The van der Waals surface area contributed by atoms with Crippen LogP contribution in [0.15, 0.2) is 42.5 Å². The molecule has 2 aromatic rings. The van der Waals surface area contributed by atoms with Crippen LogP contribution in [0, 0.1) is 11.5 Å². The van der Waals surface area contributed by atoms with E-state index in [0.717, 1.165) is 42.9 Å². The summed E-state index contributed by atoms with van der Waals surface area (Å²) in [5.74, 6) is 0.412. The molecule has 120 valence electrons. The first-order valence-electron chi connectivity index (χ1n) is 8.00. The Balaban J connectivity index is 1.65. The fourth-order valence-corrected chi connectivity index (χ4v) is 2.43. The SMILES string of the molecule is N#COCCCCCCCC(=O)Oc1ccc2ccccc2c1. The smallest absolute Gasteiger partial charge is 0.311 e. The number of ether oxygens (including phenoxy) is 2. The van der Waals surface area contributed by atoms with E-state index in [0.29, 0.717) is 18.8 Å². The lowest BCUT2D eigenvalue weighted by Gasteiger charge is -2.06. The molecule has 0 aromatic heterocycles. The Kier molecular flexibility index (Phi) is 6.93. The summed E-state index contributed by atoms with van der Waals surface area (Å²) in [5.41, 5.74) is 0. The number of carbonyl (C=O) groups excluding carboxylic acids is 1. The summed E-state index contributed by atoms with van der Waals surface area (Å²) in [4.78, 5) is 11.8. The quantitative estimate of drug-likeness (QED) is 0.294. The Morgan fingerprint density at radius 2 is 1.70 bits per heavy atom. The Morgan fingerprint density at radius 3 is 2.52 bits per heavy atom. The molecule has 0 bridgehead atoms. The van der Waals surface area contributed by atoms with Gasteiger partial charge in [-0.1, -0.05) is 49.6 Å². The fourth-order valence-electron chi connectivity index (χ4n) is 2.43. The Morgan fingerprint density at radius 1 is 0.957 bits per heavy atom. The van der Waals surface area contributed by atoms with Crippen molar-refractivity contribution in [1.29, 1.82) is 5.26 Å². The number of esters is 1. The van der Waals surface area contributed by atoms with Crippen molar-refractivity contribution in [3.63, 3.8) is 0 Å². The standard InChI is InChI=1S/C19H21NO3/c20-15-22-13-7-3-1-2-4-10-19(21)23-18-12-11-16-8-5-6-9-17(16)14-18/h5-6,8-9,11-12,14H,1-4,7,10,13H2. The average Bonchev–Trinajstić information content (AvgIpc) is 2.57. The van der Waals surface area contributed by atoms with Gasteiger partial charge in [0.1, 0.15) is 12.4 Å². The maximum atomic E-state index is 11.8. The predicted molar refractivity (Wildman–Crippen MR) is 88.9 cm³/mol. The van der Waals surface area contributed by atoms with Gasteiger partial charge < -0.3 is 9.47 Å². The van der Waals surface area contributed by atoms with Gasteiger partial charge >= 0.3 is 5.97 Å². The summed E-state index contributed by atoms with van der Waals surface area (Å²) in [6.45, 7) is 0.487. The van der Waals surface area contributed by atoms with Crippen LogP contribution in [0.25, 0.3) is 10.8 Å². The second kappa shape index (κ2) is 9.47. The number of hydrogen-bond donors (Lipinski definition) is 0. The van der Waals surface area contributed by atoms with Crippen LogP contribution in [0.2, 0.25) is 0 Å². The van der Waals surface area contributed by atoms with Crippen molar-refractivity contribution in [2.24, 2.45) is 0 Å². The van der Waals surface area contributed by atoms with E-state index in [4.69, 9.17) is 10.00 Å².